The lowest BCUT2D eigenvalue weighted by Crippen LogP contribution is -2.50. The molecule has 0 saturated carbocycles. The van der Waals surface area contributed by atoms with Gasteiger partial charge in [-0.25, -0.2) is 4.98 Å². The van der Waals surface area contributed by atoms with Crippen LogP contribution in [0.1, 0.15) is 16.7 Å². The van der Waals surface area contributed by atoms with Crippen molar-refractivity contribution in [2.45, 2.75) is 12.6 Å². The average molecular weight is 381 g/mol. The molecule has 1 aromatic carbocycles. The molecule has 1 aromatic heterocycles. The summed E-state index contributed by atoms with van der Waals surface area (Å²) in [5.41, 5.74) is 10.0. The molecule has 0 radical (unpaired) electrons. The minimum atomic E-state index is 0.335. The fraction of sp³-hybridized carbons (Fsp3) is 0.429. The van der Waals surface area contributed by atoms with Gasteiger partial charge in [0.15, 0.2) is 0 Å². The Bertz CT molecular complexity index is 844. The van der Waals surface area contributed by atoms with E-state index in [0.717, 1.165) is 55.2 Å². The highest BCUT2D eigenvalue weighted by Crippen LogP contribution is 2.23. The minimum Gasteiger partial charge on any atom is -0.398 e. The van der Waals surface area contributed by atoms with Crippen LogP contribution in [0.3, 0.4) is 0 Å². The summed E-state index contributed by atoms with van der Waals surface area (Å²) in [5.74, 6) is 0.881. The number of benzene rings is 1. The van der Waals surface area contributed by atoms with Crippen LogP contribution in [0, 0.1) is 5.41 Å². The molecule has 3 heterocycles. The molecule has 148 valence electrons. The van der Waals surface area contributed by atoms with Gasteiger partial charge in [0.2, 0.25) is 0 Å². The molecule has 0 aliphatic carbocycles. The van der Waals surface area contributed by atoms with Crippen molar-refractivity contribution in [1.82, 2.24) is 9.88 Å². The van der Waals surface area contributed by atoms with Crippen molar-refractivity contribution in [2.24, 2.45) is 0 Å². The molecule has 4 rings (SSSR count). The molecule has 2 saturated heterocycles. The number of nitrogens with two attached hydrogens (primary N) is 1. The number of hydrogen-bond donors (Lipinski definition) is 2. The standard InChI is InChI=1S/C21H27N5O2/c1-27-17-13-25(14-17)12-15-2-3-19(22)18(10-15)21(23)16-4-5-24-20(11-16)26-6-8-28-9-7-26/h2-5,10-11,17,23H,6-9,12-14,22H2,1H3. The first-order chi connectivity index (χ1) is 13.6. The second kappa shape index (κ2) is 8.26. The lowest BCUT2D eigenvalue weighted by Gasteiger charge is -2.38. The molecule has 2 fully saturated rings. The number of hydrogen-bond acceptors (Lipinski definition) is 7. The summed E-state index contributed by atoms with van der Waals surface area (Å²) >= 11 is 0. The third-order valence-electron chi connectivity index (χ3n) is 5.42. The van der Waals surface area contributed by atoms with Gasteiger partial charge in [-0.2, -0.15) is 0 Å². The van der Waals surface area contributed by atoms with E-state index in [1.54, 1.807) is 13.3 Å². The Morgan fingerprint density at radius 1 is 1.25 bits per heavy atom. The summed E-state index contributed by atoms with van der Waals surface area (Å²) in [5, 5.41) is 8.74. The zero-order valence-electron chi connectivity index (χ0n) is 16.2. The van der Waals surface area contributed by atoms with Crippen molar-refractivity contribution in [3.8, 4) is 0 Å². The third-order valence-corrected chi connectivity index (χ3v) is 5.42. The Kier molecular flexibility index (Phi) is 5.57. The van der Waals surface area contributed by atoms with Gasteiger partial charge < -0.3 is 20.1 Å². The van der Waals surface area contributed by atoms with Crippen molar-refractivity contribution < 1.29 is 9.47 Å². The SMILES string of the molecule is COC1CN(Cc2ccc(N)c(C(=N)c3ccnc(N4CCOCC4)c3)c2)C1. The maximum atomic E-state index is 8.74. The summed E-state index contributed by atoms with van der Waals surface area (Å²) in [7, 11) is 1.75. The predicted molar refractivity (Wildman–Crippen MR) is 110 cm³/mol. The monoisotopic (exact) mass is 381 g/mol. The van der Waals surface area contributed by atoms with Gasteiger partial charge in [0.05, 0.1) is 25.0 Å². The van der Waals surface area contributed by atoms with E-state index in [9.17, 15) is 0 Å². The van der Waals surface area contributed by atoms with Crippen LogP contribution in [0.15, 0.2) is 36.5 Å². The van der Waals surface area contributed by atoms with Crippen LogP contribution in [0.25, 0.3) is 0 Å². The number of nitrogen functional groups attached to an aromatic ring is 1. The van der Waals surface area contributed by atoms with E-state index in [1.807, 2.05) is 30.3 Å². The molecule has 2 aliphatic heterocycles. The van der Waals surface area contributed by atoms with E-state index in [1.165, 1.54) is 0 Å². The number of ether oxygens (including phenoxy) is 2. The van der Waals surface area contributed by atoms with E-state index in [2.05, 4.69) is 14.8 Å². The van der Waals surface area contributed by atoms with Gasteiger partial charge in [-0.1, -0.05) is 6.07 Å². The number of nitrogens with one attached hydrogen (secondary N) is 1. The summed E-state index contributed by atoms with van der Waals surface area (Å²) in [4.78, 5) is 9.00. The largest absolute Gasteiger partial charge is 0.398 e. The zero-order valence-corrected chi connectivity index (χ0v) is 16.2. The first-order valence-electron chi connectivity index (χ1n) is 9.65. The smallest absolute Gasteiger partial charge is 0.129 e. The molecule has 3 N–H and O–H groups in total. The van der Waals surface area contributed by atoms with E-state index in [-0.39, 0.29) is 0 Å². The molecule has 0 bridgehead atoms. The van der Waals surface area contributed by atoms with Crippen LogP contribution < -0.4 is 10.6 Å². The summed E-state index contributed by atoms with van der Waals surface area (Å²) in [6.45, 7) is 5.79. The Balaban J connectivity index is 1.52. The number of nitrogens with zero attached hydrogens (tertiary/aromatic N) is 3. The number of likely N-dealkylation sites (tertiary alicyclic amines) is 1. The number of methoxy groups -OCH3 is 1. The van der Waals surface area contributed by atoms with Gasteiger partial charge in [-0.15, -0.1) is 0 Å². The highest BCUT2D eigenvalue weighted by atomic mass is 16.5. The summed E-state index contributed by atoms with van der Waals surface area (Å²) in [6.07, 6.45) is 2.10. The maximum Gasteiger partial charge on any atom is 0.129 e. The molecular weight excluding hydrogens is 354 g/mol. The Labute approximate surface area is 165 Å². The van der Waals surface area contributed by atoms with Gasteiger partial charge in [-0.3, -0.25) is 10.3 Å². The minimum absolute atomic E-state index is 0.335. The second-order valence-corrected chi connectivity index (χ2v) is 7.35. The molecule has 0 unspecified atom stereocenters. The first kappa shape index (κ1) is 18.9. The van der Waals surface area contributed by atoms with Gasteiger partial charge >= 0.3 is 0 Å². The quantitative estimate of drug-likeness (QED) is 0.585. The molecular formula is C21H27N5O2. The lowest BCUT2D eigenvalue weighted by atomic mass is 9.98. The number of rotatable bonds is 6. The van der Waals surface area contributed by atoms with Gasteiger partial charge in [0, 0.05) is 62.8 Å². The molecule has 0 amide bonds. The number of pyridine rings is 1. The number of anilines is 2. The van der Waals surface area contributed by atoms with Crippen LogP contribution in [0.4, 0.5) is 11.5 Å². The average Bonchev–Trinajstić information content (AvgIpc) is 2.71. The topological polar surface area (TPSA) is 87.7 Å². The van der Waals surface area contributed by atoms with Crippen molar-refractivity contribution in [3.05, 3.63) is 53.2 Å². The summed E-state index contributed by atoms with van der Waals surface area (Å²) in [6, 6.07) is 9.82. The van der Waals surface area contributed by atoms with Crippen LogP contribution in [-0.4, -0.2) is 68.2 Å². The van der Waals surface area contributed by atoms with Crippen LogP contribution in [0.2, 0.25) is 0 Å². The molecule has 0 spiro atoms. The molecule has 2 aromatic rings. The van der Waals surface area contributed by atoms with Crippen LogP contribution >= 0.6 is 0 Å². The fourth-order valence-electron chi connectivity index (χ4n) is 3.67. The van der Waals surface area contributed by atoms with Crippen LogP contribution in [-0.2, 0) is 16.0 Å². The normalized spacial score (nSPS) is 18.1. The Morgan fingerprint density at radius 3 is 2.79 bits per heavy atom. The maximum absolute atomic E-state index is 8.74. The Hall–Kier alpha value is -2.48. The molecule has 7 nitrogen and oxygen atoms in total. The highest BCUT2D eigenvalue weighted by Gasteiger charge is 2.26. The number of aromatic nitrogens is 1. The first-order valence-corrected chi connectivity index (χ1v) is 9.65. The predicted octanol–water partition coefficient (Wildman–Crippen LogP) is 1.75. The molecule has 0 atom stereocenters. The highest BCUT2D eigenvalue weighted by molar-refractivity contribution is 6.14. The second-order valence-electron chi connectivity index (χ2n) is 7.35. The molecule has 7 heteroatoms. The molecule has 2 aliphatic rings. The lowest BCUT2D eigenvalue weighted by molar-refractivity contribution is -0.0333. The van der Waals surface area contributed by atoms with E-state index in [4.69, 9.17) is 20.6 Å². The van der Waals surface area contributed by atoms with Gasteiger partial charge in [-0.05, 0) is 29.8 Å². The van der Waals surface area contributed by atoms with Crippen LogP contribution in [0.5, 0.6) is 0 Å². The molecule has 28 heavy (non-hydrogen) atoms. The third kappa shape index (κ3) is 4.01. The van der Waals surface area contributed by atoms with Crippen molar-refractivity contribution in [2.75, 3.05) is 57.1 Å². The Morgan fingerprint density at radius 2 is 2.04 bits per heavy atom. The van der Waals surface area contributed by atoms with Crippen molar-refractivity contribution >= 4 is 17.2 Å². The number of morpholine rings is 1. The van der Waals surface area contributed by atoms with Crippen molar-refractivity contribution in [1.29, 1.82) is 5.41 Å². The van der Waals surface area contributed by atoms with Gasteiger partial charge in [0.1, 0.15) is 5.82 Å². The fourth-order valence-corrected chi connectivity index (χ4v) is 3.67. The van der Waals surface area contributed by atoms with E-state index < -0.39 is 0 Å². The summed E-state index contributed by atoms with van der Waals surface area (Å²) < 4.78 is 10.8. The zero-order chi connectivity index (χ0) is 19.5. The van der Waals surface area contributed by atoms with E-state index >= 15 is 0 Å². The van der Waals surface area contributed by atoms with Gasteiger partial charge in [0.25, 0.3) is 0 Å². The van der Waals surface area contributed by atoms with Crippen molar-refractivity contribution in [3.63, 3.8) is 0 Å². The van der Waals surface area contributed by atoms with E-state index in [0.29, 0.717) is 30.7 Å².